The van der Waals surface area contributed by atoms with E-state index in [9.17, 15) is 4.79 Å². The van der Waals surface area contributed by atoms with E-state index in [0.29, 0.717) is 4.67 Å². The second-order valence-corrected chi connectivity index (χ2v) is 5.18. The summed E-state index contributed by atoms with van der Waals surface area (Å²) in [6.45, 7) is 1.93. The summed E-state index contributed by atoms with van der Waals surface area (Å²) in [6.07, 6.45) is 0. The number of halogens is 1. The van der Waals surface area contributed by atoms with Crippen molar-refractivity contribution in [2.24, 2.45) is 0 Å². The first-order valence-electron chi connectivity index (χ1n) is 6.26. The second kappa shape index (κ2) is 6.72. The fourth-order valence-corrected chi connectivity index (χ4v) is 2.28. The lowest BCUT2D eigenvalue weighted by Crippen LogP contribution is -2.31. The third-order valence-electron chi connectivity index (χ3n) is 3.01. The highest BCUT2D eigenvalue weighted by Crippen LogP contribution is 2.24. The molecule has 0 bridgehead atoms. The van der Waals surface area contributed by atoms with Gasteiger partial charge >= 0.3 is 5.97 Å². The van der Waals surface area contributed by atoms with Gasteiger partial charge in [0.15, 0.2) is 4.67 Å². The van der Waals surface area contributed by atoms with E-state index in [1.54, 1.807) is 0 Å². The second-order valence-electron chi connectivity index (χ2n) is 4.40. The Morgan fingerprint density at radius 3 is 2.50 bits per heavy atom. The number of nitrogens with one attached hydrogen (secondary N) is 1. The molecule has 1 aromatic carbocycles. The van der Waals surface area contributed by atoms with Crippen LogP contribution >= 0.6 is 15.9 Å². The summed E-state index contributed by atoms with van der Waals surface area (Å²) in [5.74, 6) is 0.426. The largest absolute Gasteiger partial charge is 0.468 e. The maximum absolute atomic E-state index is 12.0. The maximum Gasteiger partial charge on any atom is 0.327 e. The molecule has 0 saturated heterocycles. The Balaban J connectivity index is 2.18. The van der Waals surface area contributed by atoms with Gasteiger partial charge in [0, 0.05) is 0 Å². The molecule has 0 fully saturated rings. The third-order valence-corrected chi connectivity index (χ3v) is 3.43. The number of carbonyl (C=O) groups excluding carboxylic acids is 1. The molecule has 20 heavy (non-hydrogen) atoms. The fourth-order valence-electron chi connectivity index (χ4n) is 1.96. The van der Waals surface area contributed by atoms with Crippen molar-refractivity contribution in [3.8, 4) is 0 Å². The Bertz CT molecular complexity index is 568. The summed E-state index contributed by atoms with van der Waals surface area (Å²) in [7, 11) is 1.38. The van der Waals surface area contributed by atoms with Gasteiger partial charge in [-0.15, -0.1) is 0 Å². The minimum Gasteiger partial charge on any atom is -0.468 e. The van der Waals surface area contributed by atoms with Crippen molar-refractivity contribution in [1.29, 1.82) is 0 Å². The van der Waals surface area contributed by atoms with Gasteiger partial charge in [-0.25, -0.2) is 4.79 Å². The summed E-state index contributed by atoms with van der Waals surface area (Å²) < 4.78 is 11.0. The smallest absolute Gasteiger partial charge is 0.327 e. The Morgan fingerprint density at radius 1 is 1.25 bits per heavy atom. The monoisotopic (exact) mass is 337 g/mol. The van der Waals surface area contributed by atoms with Crippen molar-refractivity contribution in [3.05, 3.63) is 58.5 Å². The van der Waals surface area contributed by atoms with E-state index < -0.39 is 6.04 Å². The standard InChI is InChI=1S/C15H16BrNO3/c1-10(12-8-9-13(16)20-12)17-14(15(18)19-2)11-6-4-3-5-7-11/h3-10,14,17H,1-2H3. The molecule has 4 nitrogen and oxygen atoms in total. The summed E-state index contributed by atoms with van der Waals surface area (Å²) >= 11 is 3.27. The van der Waals surface area contributed by atoms with Crippen LogP contribution in [0.3, 0.4) is 0 Å². The van der Waals surface area contributed by atoms with E-state index >= 15 is 0 Å². The van der Waals surface area contributed by atoms with E-state index in [-0.39, 0.29) is 12.0 Å². The zero-order chi connectivity index (χ0) is 14.5. The lowest BCUT2D eigenvalue weighted by atomic mass is 10.1. The van der Waals surface area contributed by atoms with Crippen molar-refractivity contribution < 1.29 is 13.9 Å². The Kier molecular flexibility index (Phi) is 4.98. The predicted molar refractivity (Wildman–Crippen MR) is 79.2 cm³/mol. The van der Waals surface area contributed by atoms with Crippen LogP contribution in [0, 0.1) is 0 Å². The number of benzene rings is 1. The van der Waals surface area contributed by atoms with Gasteiger partial charge in [-0.1, -0.05) is 30.3 Å². The lowest BCUT2D eigenvalue weighted by Gasteiger charge is -2.20. The van der Waals surface area contributed by atoms with Crippen LogP contribution in [0.25, 0.3) is 0 Å². The number of esters is 1. The predicted octanol–water partition coefficient (Wildman–Crippen LogP) is 3.61. The molecule has 1 N–H and O–H groups in total. The van der Waals surface area contributed by atoms with Crippen LogP contribution in [0.2, 0.25) is 0 Å². The van der Waals surface area contributed by atoms with E-state index in [4.69, 9.17) is 9.15 Å². The van der Waals surface area contributed by atoms with Crippen LogP contribution in [0.4, 0.5) is 0 Å². The molecule has 2 unspecified atom stereocenters. The SMILES string of the molecule is COC(=O)C(NC(C)c1ccc(Br)o1)c1ccccc1. The molecule has 0 aliphatic heterocycles. The quantitative estimate of drug-likeness (QED) is 0.847. The lowest BCUT2D eigenvalue weighted by molar-refractivity contribution is -0.143. The zero-order valence-corrected chi connectivity index (χ0v) is 12.9. The van der Waals surface area contributed by atoms with Crippen LogP contribution < -0.4 is 5.32 Å². The molecule has 0 amide bonds. The van der Waals surface area contributed by atoms with Crippen molar-refractivity contribution >= 4 is 21.9 Å². The van der Waals surface area contributed by atoms with Crippen LogP contribution in [-0.4, -0.2) is 13.1 Å². The molecule has 1 aromatic heterocycles. The Hall–Kier alpha value is -1.59. The van der Waals surface area contributed by atoms with Crippen LogP contribution in [0.15, 0.2) is 51.6 Å². The zero-order valence-electron chi connectivity index (χ0n) is 11.3. The minimum atomic E-state index is -0.528. The van der Waals surface area contributed by atoms with E-state index in [2.05, 4.69) is 21.2 Å². The van der Waals surface area contributed by atoms with Gasteiger partial charge < -0.3 is 9.15 Å². The molecule has 106 valence electrons. The number of rotatable bonds is 5. The topological polar surface area (TPSA) is 51.5 Å². The summed E-state index contributed by atoms with van der Waals surface area (Å²) in [5.41, 5.74) is 0.858. The summed E-state index contributed by atoms with van der Waals surface area (Å²) in [5, 5.41) is 3.22. The van der Waals surface area contributed by atoms with Gasteiger partial charge in [-0.05, 0) is 40.5 Å². The average molecular weight is 338 g/mol. The number of methoxy groups -OCH3 is 1. The highest BCUT2D eigenvalue weighted by Gasteiger charge is 2.24. The molecular weight excluding hydrogens is 322 g/mol. The molecule has 0 aliphatic rings. The molecule has 2 atom stereocenters. The Labute approximate surface area is 126 Å². The van der Waals surface area contributed by atoms with Gasteiger partial charge in [-0.3, -0.25) is 5.32 Å². The molecule has 5 heteroatoms. The highest BCUT2D eigenvalue weighted by atomic mass is 79.9. The molecule has 2 aromatic rings. The normalized spacial score (nSPS) is 13.8. The molecule has 2 rings (SSSR count). The van der Waals surface area contributed by atoms with Gasteiger partial charge in [0.05, 0.1) is 13.2 Å². The van der Waals surface area contributed by atoms with Crippen molar-refractivity contribution in [3.63, 3.8) is 0 Å². The molecule has 0 saturated carbocycles. The van der Waals surface area contributed by atoms with Crippen molar-refractivity contribution in [1.82, 2.24) is 5.32 Å². The first-order valence-corrected chi connectivity index (χ1v) is 7.05. The molecule has 0 radical (unpaired) electrons. The first-order chi connectivity index (χ1) is 9.61. The number of carbonyl (C=O) groups is 1. The van der Waals surface area contributed by atoms with E-state index in [0.717, 1.165) is 11.3 Å². The van der Waals surface area contributed by atoms with E-state index in [1.807, 2.05) is 49.4 Å². The Morgan fingerprint density at radius 2 is 1.95 bits per heavy atom. The number of hydrogen-bond donors (Lipinski definition) is 1. The summed E-state index contributed by atoms with van der Waals surface area (Å²) in [4.78, 5) is 12.0. The molecule has 0 aliphatic carbocycles. The maximum atomic E-state index is 12.0. The minimum absolute atomic E-state index is 0.120. The number of ether oxygens (including phenoxy) is 1. The van der Waals surface area contributed by atoms with Crippen LogP contribution in [0.5, 0.6) is 0 Å². The molecule has 1 heterocycles. The number of hydrogen-bond acceptors (Lipinski definition) is 4. The summed E-state index contributed by atoms with van der Waals surface area (Å²) in [6, 6.07) is 12.5. The average Bonchev–Trinajstić information content (AvgIpc) is 2.91. The number of furan rings is 1. The molecular formula is C15H16BrNO3. The molecule has 0 spiro atoms. The highest BCUT2D eigenvalue weighted by molar-refractivity contribution is 9.10. The third kappa shape index (κ3) is 3.49. The fraction of sp³-hybridized carbons (Fsp3) is 0.267. The van der Waals surface area contributed by atoms with Gasteiger partial charge in [0.2, 0.25) is 0 Å². The first kappa shape index (κ1) is 14.8. The van der Waals surface area contributed by atoms with E-state index in [1.165, 1.54) is 7.11 Å². The van der Waals surface area contributed by atoms with Crippen molar-refractivity contribution in [2.45, 2.75) is 19.0 Å². The van der Waals surface area contributed by atoms with Crippen molar-refractivity contribution in [2.75, 3.05) is 7.11 Å². The van der Waals surface area contributed by atoms with Gasteiger partial charge in [-0.2, -0.15) is 0 Å². The van der Waals surface area contributed by atoms with Gasteiger partial charge in [0.25, 0.3) is 0 Å². The van der Waals surface area contributed by atoms with Gasteiger partial charge in [0.1, 0.15) is 11.8 Å². The van der Waals surface area contributed by atoms with Crippen LogP contribution in [0.1, 0.15) is 30.3 Å². The van der Waals surface area contributed by atoms with Crippen LogP contribution in [-0.2, 0) is 9.53 Å².